The standard InChI is InChI=1S/C8H7BClNO2S/c10-5-3-14-8-4(9(12)13)1-2-6(11)7(5)8/h1-3,12-13H,11H2. The Morgan fingerprint density at radius 1 is 1.36 bits per heavy atom. The molecule has 0 amide bonds. The van der Waals surface area contributed by atoms with Crippen molar-refractivity contribution in [1.29, 1.82) is 0 Å². The molecule has 0 saturated heterocycles. The molecule has 0 spiro atoms. The summed E-state index contributed by atoms with van der Waals surface area (Å²) in [5.41, 5.74) is 6.72. The Morgan fingerprint density at radius 3 is 2.71 bits per heavy atom. The third kappa shape index (κ3) is 1.38. The fourth-order valence-electron chi connectivity index (χ4n) is 1.36. The van der Waals surface area contributed by atoms with Crippen LogP contribution in [0.15, 0.2) is 17.5 Å². The highest BCUT2D eigenvalue weighted by Gasteiger charge is 2.18. The molecule has 6 heteroatoms. The molecule has 72 valence electrons. The molecule has 0 saturated carbocycles. The Kier molecular flexibility index (Phi) is 2.40. The van der Waals surface area contributed by atoms with E-state index in [2.05, 4.69) is 0 Å². The molecule has 2 rings (SSSR count). The Labute approximate surface area is 89.9 Å². The van der Waals surface area contributed by atoms with Crippen molar-refractivity contribution >= 4 is 51.3 Å². The van der Waals surface area contributed by atoms with Crippen LogP contribution in [0.5, 0.6) is 0 Å². The molecule has 0 aliphatic rings. The van der Waals surface area contributed by atoms with Crippen molar-refractivity contribution in [3.8, 4) is 0 Å². The smallest absolute Gasteiger partial charge is 0.423 e. The van der Waals surface area contributed by atoms with Gasteiger partial charge in [-0.05, 0) is 6.07 Å². The molecule has 0 aliphatic heterocycles. The summed E-state index contributed by atoms with van der Waals surface area (Å²) in [5.74, 6) is 0. The summed E-state index contributed by atoms with van der Waals surface area (Å²) in [6.07, 6.45) is 0. The van der Waals surface area contributed by atoms with E-state index in [4.69, 9.17) is 27.4 Å². The van der Waals surface area contributed by atoms with E-state index in [0.717, 1.165) is 4.70 Å². The molecule has 1 heterocycles. The number of thiophene rings is 1. The lowest BCUT2D eigenvalue weighted by Gasteiger charge is -2.03. The number of rotatable bonds is 1. The Morgan fingerprint density at radius 2 is 2.07 bits per heavy atom. The van der Waals surface area contributed by atoms with Crippen LogP contribution < -0.4 is 11.2 Å². The minimum Gasteiger partial charge on any atom is -0.423 e. The minimum absolute atomic E-state index is 0.436. The van der Waals surface area contributed by atoms with Gasteiger partial charge in [-0.3, -0.25) is 0 Å². The molecule has 14 heavy (non-hydrogen) atoms. The number of nitrogen functional groups attached to an aromatic ring is 1. The maximum Gasteiger partial charge on any atom is 0.489 e. The van der Waals surface area contributed by atoms with Gasteiger partial charge in [-0.15, -0.1) is 11.3 Å². The second kappa shape index (κ2) is 3.44. The summed E-state index contributed by atoms with van der Waals surface area (Å²) < 4.78 is 0.727. The first-order valence-corrected chi connectivity index (χ1v) is 5.18. The van der Waals surface area contributed by atoms with Crippen LogP contribution in [0.2, 0.25) is 5.02 Å². The first kappa shape index (κ1) is 9.80. The van der Waals surface area contributed by atoms with E-state index in [1.165, 1.54) is 11.3 Å². The Bertz CT molecular complexity index is 485. The van der Waals surface area contributed by atoms with E-state index >= 15 is 0 Å². The highest BCUT2D eigenvalue weighted by molar-refractivity contribution is 7.19. The molecule has 2 aromatic rings. The molecule has 0 unspecified atom stereocenters. The zero-order chi connectivity index (χ0) is 10.3. The van der Waals surface area contributed by atoms with Crippen LogP contribution >= 0.6 is 22.9 Å². The van der Waals surface area contributed by atoms with Crippen LogP contribution in [0.4, 0.5) is 5.69 Å². The predicted molar refractivity (Wildman–Crippen MR) is 61.1 cm³/mol. The lowest BCUT2D eigenvalue weighted by Crippen LogP contribution is -2.29. The van der Waals surface area contributed by atoms with Crippen LogP contribution in [0.1, 0.15) is 0 Å². The van der Waals surface area contributed by atoms with Crippen molar-refractivity contribution in [1.82, 2.24) is 0 Å². The largest absolute Gasteiger partial charge is 0.489 e. The molecule has 4 N–H and O–H groups in total. The molecule has 1 aromatic heterocycles. The average Bonchev–Trinajstić information content (AvgIpc) is 2.49. The molecule has 1 aromatic carbocycles. The molecular weight excluding hydrogens is 220 g/mol. The fraction of sp³-hybridized carbons (Fsp3) is 0. The van der Waals surface area contributed by atoms with Gasteiger partial charge in [0.25, 0.3) is 0 Å². The van der Waals surface area contributed by atoms with Gasteiger partial charge in [0.15, 0.2) is 0 Å². The van der Waals surface area contributed by atoms with Crippen LogP contribution in [-0.4, -0.2) is 17.2 Å². The van der Waals surface area contributed by atoms with E-state index in [-0.39, 0.29) is 0 Å². The summed E-state index contributed by atoms with van der Waals surface area (Å²) in [7, 11) is -1.49. The van der Waals surface area contributed by atoms with E-state index in [1.54, 1.807) is 17.5 Å². The molecule has 0 bridgehead atoms. The maximum absolute atomic E-state index is 9.10. The van der Waals surface area contributed by atoms with Gasteiger partial charge in [0.2, 0.25) is 0 Å². The first-order chi connectivity index (χ1) is 6.61. The van der Waals surface area contributed by atoms with Crippen molar-refractivity contribution in [3.05, 3.63) is 22.5 Å². The highest BCUT2D eigenvalue weighted by atomic mass is 35.5. The number of benzene rings is 1. The van der Waals surface area contributed by atoms with E-state index in [9.17, 15) is 0 Å². The Balaban J connectivity index is 2.83. The summed E-state index contributed by atoms with van der Waals surface area (Å²) in [5, 5.41) is 21.2. The number of hydrogen-bond acceptors (Lipinski definition) is 4. The number of fused-ring (bicyclic) bond motifs is 1. The highest BCUT2D eigenvalue weighted by Crippen LogP contribution is 2.32. The van der Waals surface area contributed by atoms with Crippen molar-refractivity contribution in [2.75, 3.05) is 5.73 Å². The quantitative estimate of drug-likeness (QED) is 0.499. The number of anilines is 1. The van der Waals surface area contributed by atoms with Crippen molar-refractivity contribution in [3.63, 3.8) is 0 Å². The average molecular weight is 227 g/mol. The topological polar surface area (TPSA) is 66.5 Å². The van der Waals surface area contributed by atoms with Gasteiger partial charge >= 0.3 is 7.12 Å². The lowest BCUT2D eigenvalue weighted by molar-refractivity contribution is 0.426. The third-order valence-corrected chi connectivity index (χ3v) is 3.47. The SMILES string of the molecule is Nc1ccc(B(O)O)c2scc(Cl)c12. The molecule has 0 aliphatic carbocycles. The zero-order valence-corrected chi connectivity index (χ0v) is 8.64. The molecular formula is C8H7BClNO2S. The van der Waals surface area contributed by atoms with Crippen molar-refractivity contribution < 1.29 is 10.0 Å². The van der Waals surface area contributed by atoms with Gasteiger partial charge in [0, 0.05) is 26.6 Å². The fourth-order valence-corrected chi connectivity index (χ4v) is 2.75. The molecule has 0 radical (unpaired) electrons. The lowest BCUT2D eigenvalue weighted by atomic mass is 9.79. The van der Waals surface area contributed by atoms with Gasteiger partial charge in [0.1, 0.15) is 0 Å². The first-order valence-electron chi connectivity index (χ1n) is 3.92. The second-order valence-electron chi connectivity index (χ2n) is 2.91. The van der Waals surface area contributed by atoms with Gasteiger partial charge in [-0.1, -0.05) is 17.7 Å². The van der Waals surface area contributed by atoms with Gasteiger partial charge in [-0.25, -0.2) is 0 Å². The van der Waals surface area contributed by atoms with E-state index in [1.807, 2.05) is 0 Å². The summed E-state index contributed by atoms with van der Waals surface area (Å²) >= 11 is 7.27. The molecule has 0 fully saturated rings. The van der Waals surface area contributed by atoms with Crippen LogP contribution in [-0.2, 0) is 0 Å². The van der Waals surface area contributed by atoms with E-state index in [0.29, 0.717) is 21.6 Å². The normalized spacial score (nSPS) is 10.8. The summed E-state index contributed by atoms with van der Waals surface area (Å²) in [6.45, 7) is 0. The van der Waals surface area contributed by atoms with Crippen LogP contribution in [0, 0.1) is 0 Å². The number of hydrogen-bond donors (Lipinski definition) is 3. The summed E-state index contributed by atoms with van der Waals surface area (Å²) in [6, 6.07) is 3.21. The molecule has 0 atom stereocenters. The summed E-state index contributed by atoms with van der Waals surface area (Å²) in [4.78, 5) is 0. The second-order valence-corrected chi connectivity index (χ2v) is 4.19. The maximum atomic E-state index is 9.10. The molecule has 3 nitrogen and oxygen atoms in total. The van der Waals surface area contributed by atoms with Gasteiger partial charge in [-0.2, -0.15) is 0 Å². The Hall–Kier alpha value is -0.745. The third-order valence-electron chi connectivity index (χ3n) is 2.02. The predicted octanol–water partition coefficient (Wildman–Crippen LogP) is 0.817. The number of nitrogens with two attached hydrogens (primary N) is 1. The zero-order valence-electron chi connectivity index (χ0n) is 7.07. The van der Waals surface area contributed by atoms with Gasteiger partial charge in [0.05, 0.1) is 5.02 Å². The van der Waals surface area contributed by atoms with Crippen LogP contribution in [0.25, 0.3) is 10.1 Å². The van der Waals surface area contributed by atoms with Gasteiger partial charge < -0.3 is 15.8 Å². The van der Waals surface area contributed by atoms with Crippen LogP contribution in [0.3, 0.4) is 0 Å². The van der Waals surface area contributed by atoms with E-state index < -0.39 is 7.12 Å². The van der Waals surface area contributed by atoms with Crippen molar-refractivity contribution in [2.45, 2.75) is 0 Å². The van der Waals surface area contributed by atoms with Crippen molar-refractivity contribution in [2.24, 2.45) is 0 Å². The monoisotopic (exact) mass is 227 g/mol. The number of halogens is 1. The minimum atomic E-state index is -1.49.